The quantitative estimate of drug-likeness (QED) is 0.0371. The van der Waals surface area contributed by atoms with Crippen LogP contribution >= 0.6 is 7.82 Å². The summed E-state index contributed by atoms with van der Waals surface area (Å²) < 4.78 is 41.7. The zero-order valence-electron chi connectivity index (χ0n) is 33.5. The molecular formula is C40H62N7O9P. The molecule has 57 heavy (non-hydrogen) atoms. The molecule has 3 heterocycles. The molecule has 3 aromatic heterocycles. The van der Waals surface area contributed by atoms with Gasteiger partial charge in [0, 0.05) is 13.7 Å². The Morgan fingerprint density at radius 2 is 1.53 bits per heavy atom. The Bertz CT molecular complexity index is 1720. The van der Waals surface area contributed by atoms with Gasteiger partial charge in [0.15, 0.2) is 5.82 Å². The normalized spacial score (nSPS) is 15.4. The summed E-state index contributed by atoms with van der Waals surface area (Å²) in [6.45, 7) is 1.31. The molecule has 3 rings (SSSR count). The average molecular weight is 816 g/mol. The lowest BCUT2D eigenvalue weighted by Gasteiger charge is -2.33. The zero-order valence-corrected chi connectivity index (χ0v) is 34.4. The van der Waals surface area contributed by atoms with Crippen molar-refractivity contribution in [3.8, 4) is 12.1 Å². The third-order valence-corrected chi connectivity index (χ3v) is 10.8. The standard InChI is InChI=1S/C40H62N7O9P/c1-3-4-5-6-7-8-9-10-11-12-13-14-15-16-17-18-24-53-27-34(54-26-33-21-19-20-32(25-41)46-33)28-55-57(50,51)56-30-40(29-42,52-2)38(49)37(48)35-22-23-36-39(43)44-31-45-47(35)36/h19-23,31,34,37-38,48-49H,3-18,24,26-28,30H2,1-2H3,(H,50,51)(H2,43,44,45)/t34-,37+,38+,40-/m1/s1. The topological polar surface area (TPSA) is 241 Å². The molecule has 0 aliphatic carbocycles. The maximum atomic E-state index is 13.1. The fourth-order valence-corrected chi connectivity index (χ4v) is 7.14. The number of nitrogens with two attached hydrogens (primary N) is 1. The van der Waals surface area contributed by atoms with E-state index in [1.165, 1.54) is 100 Å². The highest BCUT2D eigenvalue weighted by molar-refractivity contribution is 7.47. The molecule has 16 nitrogen and oxygen atoms in total. The number of fused-ring (bicyclic) bond motifs is 1. The summed E-state index contributed by atoms with van der Waals surface area (Å²) in [6.07, 6.45) is 16.8. The lowest BCUT2D eigenvalue weighted by Crippen LogP contribution is -2.50. The van der Waals surface area contributed by atoms with E-state index >= 15 is 0 Å². The fourth-order valence-electron chi connectivity index (χ4n) is 6.35. The van der Waals surface area contributed by atoms with Crippen molar-refractivity contribution < 1.29 is 42.9 Å². The van der Waals surface area contributed by atoms with E-state index in [9.17, 15) is 30.2 Å². The number of methoxy groups -OCH3 is 1. The number of rotatable bonds is 32. The van der Waals surface area contributed by atoms with Gasteiger partial charge in [-0.05, 0) is 30.7 Å². The van der Waals surface area contributed by atoms with E-state index in [4.69, 9.17) is 29.0 Å². The van der Waals surface area contributed by atoms with E-state index in [2.05, 4.69) is 22.0 Å². The lowest BCUT2D eigenvalue weighted by atomic mass is 9.93. The van der Waals surface area contributed by atoms with E-state index in [1.807, 2.05) is 6.07 Å². The van der Waals surface area contributed by atoms with Crippen LogP contribution < -0.4 is 5.73 Å². The highest BCUT2D eigenvalue weighted by atomic mass is 31.2. The molecule has 0 saturated heterocycles. The summed E-state index contributed by atoms with van der Waals surface area (Å²) in [7, 11) is -3.81. The Kier molecular flexibility index (Phi) is 22.2. The lowest BCUT2D eigenvalue weighted by molar-refractivity contribution is -0.134. The number of anilines is 1. The molecule has 0 spiro atoms. The summed E-state index contributed by atoms with van der Waals surface area (Å²) >= 11 is 0. The second-order valence-corrected chi connectivity index (χ2v) is 15.7. The van der Waals surface area contributed by atoms with Crippen LogP contribution in [0.1, 0.15) is 133 Å². The van der Waals surface area contributed by atoms with Crippen LogP contribution in [-0.2, 0) is 34.4 Å². The number of ether oxygens (including phenoxy) is 3. The number of aliphatic hydroxyl groups excluding tert-OH is 2. The molecule has 5 N–H and O–H groups in total. The number of nitriles is 2. The number of pyridine rings is 1. The van der Waals surface area contributed by atoms with Crippen molar-refractivity contribution in [1.82, 2.24) is 19.6 Å². The van der Waals surface area contributed by atoms with Gasteiger partial charge in [-0.25, -0.2) is 19.0 Å². The number of aliphatic hydroxyl groups is 2. The Morgan fingerprint density at radius 3 is 2.12 bits per heavy atom. The van der Waals surface area contributed by atoms with Gasteiger partial charge in [-0.1, -0.05) is 109 Å². The van der Waals surface area contributed by atoms with Crippen molar-refractivity contribution in [2.24, 2.45) is 0 Å². The van der Waals surface area contributed by atoms with Crippen molar-refractivity contribution in [2.45, 2.75) is 140 Å². The fraction of sp³-hybridized carbons (Fsp3) is 0.675. The van der Waals surface area contributed by atoms with E-state index in [-0.39, 0.29) is 30.4 Å². The van der Waals surface area contributed by atoms with E-state index < -0.39 is 44.9 Å². The van der Waals surface area contributed by atoms with Crippen molar-refractivity contribution >= 4 is 19.2 Å². The van der Waals surface area contributed by atoms with Crippen molar-refractivity contribution in [3.05, 3.63) is 53.7 Å². The largest absolute Gasteiger partial charge is 0.472 e. The number of nitrogen functional groups attached to an aromatic ring is 1. The van der Waals surface area contributed by atoms with Gasteiger partial charge in [0.25, 0.3) is 0 Å². The second-order valence-electron chi connectivity index (χ2n) is 14.3. The Morgan fingerprint density at radius 1 is 0.895 bits per heavy atom. The number of unbranched alkanes of at least 4 members (excludes halogenated alkanes) is 15. The number of phosphoric ester groups is 1. The van der Waals surface area contributed by atoms with Crippen molar-refractivity contribution in [1.29, 1.82) is 10.5 Å². The van der Waals surface area contributed by atoms with Crippen molar-refractivity contribution in [2.75, 3.05) is 39.3 Å². The number of nitrogens with zero attached hydrogens (tertiary/aromatic N) is 6. The molecule has 0 aliphatic heterocycles. The number of phosphoric acid groups is 1. The summed E-state index contributed by atoms with van der Waals surface area (Å²) in [6, 6.07) is 11.6. The van der Waals surface area contributed by atoms with E-state index in [1.54, 1.807) is 24.3 Å². The van der Waals surface area contributed by atoms with Crippen LogP contribution in [0.5, 0.6) is 0 Å². The van der Waals surface area contributed by atoms with Crippen LogP contribution in [0.25, 0.3) is 5.52 Å². The van der Waals surface area contributed by atoms with Gasteiger partial charge < -0.3 is 35.1 Å². The number of hydrogen-bond acceptors (Lipinski definition) is 14. The SMILES string of the molecule is CCCCCCCCCCCCCCCCCCOC[C@H](COP(=O)(O)OC[C@@](C#N)(OC)[C@@H](O)[C@@H](O)c1ccc2c(N)ncnn12)OCc1cccc(C#N)n1. The summed E-state index contributed by atoms with van der Waals surface area (Å²) in [5, 5.41) is 45.4. The molecule has 5 atom stereocenters. The third-order valence-electron chi connectivity index (χ3n) is 9.84. The first-order valence-electron chi connectivity index (χ1n) is 20.2. The Hall–Kier alpha value is -3.54. The first-order chi connectivity index (χ1) is 27.6. The van der Waals surface area contributed by atoms with Gasteiger partial charge in [-0.2, -0.15) is 15.6 Å². The van der Waals surface area contributed by atoms with Gasteiger partial charge in [-0.15, -0.1) is 0 Å². The van der Waals surface area contributed by atoms with E-state index in [0.29, 0.717) is 17.8 Å². The summed E-state index contributed by atoms with van der Waals surface area (Å²) in [4.78, 5) is 18.7. The predicted molar refractivity (Wildman–Crippen MR) is 213 cm³/mol. The number of hydrogen-bond donors (Lipinski definition) is 4. The molecule has 316 valence electrons. The predicted octanol–water partition coefficient (Wildman–Crippen LogP) is 6.88. The molecule has 1 unspecified atom stereocenters. The average Bonchev–Trinajstić information content (AvgIpc) is 3.67. The highest BCUT2D eigenvalue weighted by Gasteiger charge is 2.46. The van der Waals surface area contributed by atoms with E-state index in [0.717, 1.165) is 32.7 Å². The smallest absolute Gasteiger partial charge is 0.386 e. The summed E-state index contributed by atoms with van der Waals surface area (Å²) in [5.41, 5.74) is 4.64. The molecule has 3 aromatic rings. The maximum Gasteiger partial charge on any atom is 0.472 e. The van der Waals surface area contributed by atoms with Crippen molar-refractivity contribution in [3.63, 3.8) is 0 Å². The molecule has 0 saturated carbocycles. The minimum absolute atomic E-state index is 0.0289. The zero-order chi connectivity index (χ0) is 41.4. The van der Waals surface area contributed by atoms with Crippen LogP contribution in [0.15, 0.2) is 36.7 Å². The summed E-state index contributed by atoms with van der Waals surface area (Å²) in [5.74, 6) is 0.123. The second kappa shape index (κ2) is 26.5. The molecule has 0 aromatic carbocycles. The Labute approximate surface area is 336 Å². The van der Waals surface area contributed by atoms with Gasteiger partial charge in [0.05, 0.1) is 31.2 Å². The van der Waals surface area contributed by atoms with Gasteiger partial charge in [0.1, 0.15) is 54.6 Å². The van der Waals surface area contributed by atoms with Gasteiger partial charge in [-0.3, -0.25) is 9.05 Å². The minimum Gasteiger partial charge on any atom is -0.386 e. The maximum absolute atomic E-state index is 13.1. The third kappa shape index (κ3) is 16.7. The monoisotopic (exact) mass is 815 g/mol. The molecule has 0 radical (unpaired) electrons. The number of aromatic nitrogens is 4. The first-order valence-corrected chi connectivity index (χ1v) is 21.7. The molecule has 0 aliphatic rings. The van der Waals surface area contributed by atoms with Gasteiger partial charge >= 0.3 is 7.82 Å². The first kappa shape index (κ1) is 47.8. The molecular weight excluding hydrogens is 753 g/mol. The van der Waals surface area contributed by atoms with Crippen LogP contribution in [0.2, 0.25) is 0 Å². The van der Waals surface area contributed by atoms with Crippen LogP contribution in [-0.4, -0.2) is 86.0 Å². The molecule has 17 heteroatoms. The minimum atomic E-state index is -4.89. The highest BCUT2D eigenvalue weighted by Crippen LogP contribution is 2.45. The molecule has 0 fully saturated rings. The van der Waals surface area contributed by atoms with Crippen LogP contribution in [0.4, 0.5) is 5.82 Å². The van der Waals surface area contributed by atoms with Crippen LogP contribution in [0.3, 0.4) is 0 Å². The Balaban J connectivity index is 1.44. The van der Waals surface area contributed by atoms with Crippen LogP contribution in [0, 0.1) is 22.7 Å². The molecule has 0 amide bonds. The molecule has 0 bridgehead atoms. The van der Waals surface area contributed by atoms with Gasteiger partial charge in [0.2, 0.25) is 5.60 Å².